The summed E-state index contributed by atoms with van der Waals surface area (Å²) in [6.07, 6.45) is 0. The molecule has 176 valence electrons. The molecule has 0 saturated carbocycles. The number of ether oxygens (including phenoxy) is 1. The third-order valence-corrected chi connectivity index (χ3v) is 4.80. The summed E-state index contributed by atoms with van der Waals surface area (Å²) in [4.78, 5) is 18.7. The molecule has 31 heavy (non-hydrogen) atoms. The summed E-state index contributed by atoms with van der Waals surface area (Å²) in [5.41, 5.74) is -0.431. The van der Waals surface area contributed by atoms with E-state index >= 15 is 0 Å². The van der Waals surface area contributed by atoms with Gasteiger partial charge in [0.2, 0.25) is 5.91 Å². The second-order valence-corrected chi connectivity index (χ2v) is 7.31. The molecule has 1 unspecified atom stereocenters. The van der Waals surface area contributed by atoms with Gasteiger partial charge in [0.15, 0.2) is 23.4 Å². The van der Waals surface area contributed by atoms with Crippen LogP contribution < -0.4 is 16.0 Å². The molecule has 1 aliphatic rings. The first kappa shape index (κ1) is 27.4. The van der Waals surface area contributed by atoms with Gasteiger partial charge in [-0.25, -0.2) is 18.2 Å². The number of morpholine rings is 1. The van der Waals surface area contributed by atoms with Gasteiger partial charge in [-0.2, -0.15) is 0 Å². The molecule has 11 heteroatoms. The lowest BCUT2D eigenvalue weighted by atomic mass is 10.0. The standard InChI is InChI=1S/C20H30F3N5O2.HI/c1-4-24-20(25-11-16(13(2)3)28-7-9-30-10-8-28)26-12-17(29)27-15-6-5-14(21)18(22)19(15)23;/h5-6,13,16H,4,7-12H2,1-3H3,(H,27,29)(H2,24,25,26);1H. The molecule has 1 heterocycles. The van der Waals surface area contributed by atoms with E-state index in [4.69, 9.17) is 4.74 Å². The number of carbonyl (C=O) groups excluding carboxylic acids is 1. The maximum absolute atomic E-state index is 13.7. The Kier molecular flexibility index (Phi) is 12.2. The van der Waals surface area contributed by atoms with E-state index in [0.29, 0.717) is 38.2 Å². The minimum atomic E-state index is -1.63. The van der Waals surface area contributed by atoms with Crippen LogP contribution in [0.25, 0.3) is 0 Å². The second kappa shape index (κ2) is 13.7. The number of aliphatic imine (C=N–C) groups is 1. The Balaban J connectivity index is 0.00000480. The Morgan fingerprint density at radius 1 is 1.16 bits per heavy atom. The number of hydrogen-bond donors (Lipinski definition) is 3. The fourth-order valence-electron chi connectivity index (χ4n) is 3.20. The molecule has 0 aromatic heterocycles. The highest BCUT2D eigenvalue weighted by molar-refractivity contribution is 14.0. The van der Waals surface area contributed by atoms with Crippen LogP contribution in [0.3, 0.4) is 0 Å². The van der Waals surface area contributed by atoms with Gasteiger partial charge in [0.25, 0.3) is 0 Å². The smallest absolute Gasteiger partial charge is 0.246 e. The number of anilines is 1. The SMILES string of the molecule is CCNC(=NCC(=O)Nc1ccc(F)c(F)c1F)NCC(C(C)C)N1CCOCC1.I. The van der Waals surface area contributed by atoms with Gasteiger partial charge in [0, 0.05) is 32.2 Å². The molecule has 1 aliphatic heterocycles. The zero-order valence-corrected chi connectivity index (χ0v) is 20.3. The van der Waals surface area contributed by atoms with E-state index in [9.17, 15) is 18.0 Å². The van der Waals surface area contributed by atoms with E-state index in [1.54, 1.807) is 0 Å². The summed E-state index contributed by atoms with van der Waals surface area (Å²) in [6, 6.07) is 1.98. The van der Waals surface area contributed by atoms with E-state index < -0.39 is 29.0 Å². The number of halogens is 4. The Morgan fingerprint density at radius 3 is 2.45 bits per heavy atom. The van der Waals surface area contributed by atoms with E-state index in [1.807, 2.05) is 6.92 Å². The molecule has 1 fully saturated rings. The first-order valence-electron chi connectivity index (χ1n) is 10.1. The highest BCUT2D eigenvalue weighted by Gasteiger charge is 2.24. The van der Waals surface area contributed by atoms with Gasteiger partial charge >= 0.3 is 0 Å². The van der Waals surface area contributed by atoms with Crippen LogP contribution >= 0.6 is 24.0 Å². The third kappa shape index (κ3) is 8.45. The van der Waals surface area contributed by atoms with Crippen LogP contribution in [0, 0.1) is 23.4 Å². The van der Waals surface area contributed by atoms with E-state index in [1.165, 1.54) is 0 Å². The van der Waals surface area contributed by atoms with Gasteiger partial charge in [-0.15, -0.1) is 24.0 Å². The molecule has 1 atom stereocenters. The first-order valence-corrected chi connectivity index (χ1v) is 10.1. The average Bonchev–Trinajstić information content (AvgIpc) is 2.73. The fraction of sp³-hybridized carbons (Fsp3) is 0.600. The van der Waals surface area contributed by atoms with Crippen LogP contribution in [0.5, 0.6) is 0 Å². The van der Waals surface area contributed by atoms with Crippen molar-refractivity contribution >= 4 is 41.5 Å². The fourth-order valence-corrected chi connectivity index (χ4v) is 3.20. The molecule has 1 saturated heterocycles. The number of nitrogens with zero attached hydrogens (tertiary/aromatic N) is 2. The largest absolute Gasteiger partial charge is 0.379 e. The number of nitrogens with one attached hydrogen (secondary N) is 3. The highest BCUT2D eigenvalue weighted by Crippen LogP contribution is 2.19. The van der Waals surface area contributed by atoms with Crippen molar-refractivity contribution < 1.29 is 22.7 Å². The Hall–Kier alpha value is -1.60. The topological polar surface area (TPSA) is 78.0 Å². The molecule has 7 nitrogen and oxygen atoms in total. The first-order chi connectivity index (χ1) is 14.3. The van der Waals surface area contributed by atoms with Gasteiger partial charge in [-0.3, -0.25) is 9.69 Å². The van der Waals surface area contributed by atoms with Gasteiger partial charge in [-0.05, 0) is 25.0 Å². The van der Waals surface area contributed by atoms with Crippen LogP contribution in [0.1, 0.15) is 20.8 Å². The van der Waals surface area contributed by atoms with Crippen molar-refractivity contribution in [3.63, 3.8) is 0 Å². The van der Waals surface area contributed by atoms with Crippen LogP contribution in [0.4, 0.5) is 18.9 Å². The van der Waals surface area contributed by atoms with Crippen molar-refractivity contribution in [2.45, 2.75) is 26.8 Å². The quantitative estimate of drug-likeness (QED) is 0.198. The lowest BCUT2D eigenvalue weighted by Crippen LogP contribution is -2.52. The van der Waals surface area contributed by atoms with Crippen molar-refractivity contribution in [1.29, 1.82) is 0 Å². The zero-order valence-electron chi connectivity index (χ0n) is 18.0. The molecule has 0 bridgehead atoms. The van der Waals surface area contributed by atoms with Gasteiger partial charge in [0.05, 0.1) is 18.9 Å². The number of guanidine groups is 1. The highest BCUT2D eigenvalue weighted by atomic mass is 127. The minimum absolute atomic E-state index is 0. The Labute approximate surface area is 198 Å². The molecule has 1 aromatic carbocycles. The molecule has 0 spiro atoms. The number of benzene rings is 1. The number of amides is 1. The molecule has 0 aliphatic carbocycles. The summed E-state index contributed by atoms with van der Waals surface area (Å²) in [6.45, 7) is 10.2. The molecule has 1 amide bonds. The average molecular weight is 557 g/mol. The molecule has 0 radical (unpaired) electrons. The van der Waals surface area contributed by atoms with Crippen molar-refractivity contribution in [3.8, 4) is 0 Å². The summed E-state index contributed by atoms with van der Waals surface area (Å²) in [5.74, 6) is -4.19. The zero-order chi connectivity index (χ0) is 22.1. The minimum Gasteiger partial charge on any atom is -0.379 e. The maximum Gasteiger partial charge on any atom is 0.246 e. The van der Waals surface area contributed by atoms with Gasteiger partial charge in [0.1, 0.15) is 6.54 Å². The monoisotopic (exact) mass is 557 g/mol. The maximum atomic E-state index is 13.7. The van der Waals surface area contributed by atoms with Crippen molar-refractivity contribution in [3.05, 3.63) is 29.6 Å². The molecule has 2 rings (SSSR count). The summed E-state index contributed by atoms with van der Waals surface area (Å²) in [5, 5.41) is 8.50. The van der Waals surface area contributed by atoms with Gasteiger partial charge in [-0.1, -0.05) is 13.8 Å². The molecule has 3 N–H and O–H groups in total. The van der Waals surface area contributed by atoms with E-state index in [2.05, 4.69) is 39.7 Å². The van der Waals surface area contributed by atoms with Gasteiger partial charge < -0.3 is 20.7 Å². The normalized spacial score (nSPS) is 15.9. The number of hydrogen-bond acceptors (Lipinski definition) is 4. The molecular formula is C20H31F3IN5O2. The lowest BCUT2D eigenvalue weighted by molar-refractivity contribution is -0.114. The predicted octanol–water partition coefficient (Wildman–Crippen LogP) is 2.57. The third-order valence-electron chi connectivity index (χ3n) is 4.80. The lowest BCUT2D eigenvalue weighted by Gasteiger charge is -2.37. The van der Waals surface area contributed by atoms with Crippen LogP contribution in [-0.2, 0) is 9.53 Å². The van der Waals surface area contributed by atoms with E-state index in [0.717, 1.165) is 25.2 Å². The van der Waals surface area contributed by atoms with Crippen molar-refractivity contribution in [2.24, 2.45) is 10.9 Å². The molecular weight excluding hydrogens is 526 g/mol. The number of carbonyl (C=O) groups is 1. The number of rotatable bonds is 8. The predicted molar refractivity (Wildman–Crippen MR) is 125 cm³/mol. The second-order valence-electron chi connectivity index (χ2n) is 7.31. The van der Waals surface area contributed by atoms with Crippen molar-refractivity contribution in [2.75, 3.05) is 51.3 Å². The van der Waals surface area contributed by atoms with E-state index in [-0.39, 0.29) is 36.6 Å². The van der Waals surface area contributed by atoms with Crippen LogP contribution in [0.15, 0.2) is 17.1 Å². The Bertz CT molecular complexity index is 746. The van der Waals surface area contributed by atoms with Crippen LogP contribution in [0.2, 0.25) is 0 Å². The Morgan fingerprint density at radius 2 is 1.84 bits per heavy atom. The summed E-state index contributed by atoms with van der Waals surface area (Å²) >= 11 is 0. The van der Waals surface area contributed by atoms with Crippen molar-refractivity contribution in [1.82, 2.24) is 15.5 Å². The summed E-state index contributed by atoms with van der Waals surface area (Å²) in [7, 11) is 0. The van der Waals surface area contributed by atoms with Crippen LogP contribution in [-0.4, -0.2) is 68.7 Å². The summed E-state index contributed by atoms with van der Waals surface area (Å²) < 4.78 is 45.4. The molecule has 1 aromatic rings.